The van der Waals surface area contributed by atoms with Gasteiger partial charge in [0.05, 0.1) is 11.9 Å². The molecule has 0 bridgehead atoms. The average Bonchev–Trinajstić information content (AvgIpc) is 3.00. The fourth-order valence-electron chi connectivity index (χ4n) is 2.53. The number of hydrogen-bond acceptors (Lipinski definition) is 3. The lowest BCUT2D eigenvalue weighted by Crippen LogP contribution is -2.41. The maximum atomic E-state index is 12.0. The van der Waals surface area contributed by atoms with E-state index in [2.05, 4.69) is 36.5 Å². The van der Waals surface area contributed by atoms with E-state index in [1.807, 2.05) is 22.6 Å². The molecular weight excluding hydrogens is 272 g/mol. The van der Waals surface area contributed by atoms with Crippen molar-refractivity contribution in [2.45, 2.75) is 57.4 Å². The van der Waals surface area contributed by atoms with Gasteiger partial charge in [0, 0.05) is 23.5 Å². The number of thioether (sulfide) groups is 1. The number of carbonyl (C=O) groups is 1. The van der Waals surface area contributed by atoms with Crippen LogP contribution in [0.2, 0.25) is 0 Å². The molecule has 0 saturated heterocycles. The van der Waals surface area contributed by atoms with Crippen LogP contribution < -0.4 is 10.6 Å². The number of hydrogen-bond donors (Lipinski definition) is 2. The molecule has 1 aromatic heterocycles. The third kappa shape index (κ3) is 3.91. The van der Waals surface area contributed by atoms with Crippen LogP contribution in [-0.2, 0) is 0 Å². The van der Waals surface area contributed by atoms with Gasteiger partial charge in [0.15, 0.2) is 0 Å². The molecule has 1 heterocycles. The quantitative estimate of drug-likeness (QED) is 0.877. The van der Waals surface area contributed by atoms with Crippen LogP contribution in [0.1, 0.15) is 46.1 Å². The monoisotopic (exact) mass is 296 g/mol. The van der Waals surface area contributed by atoms with Gasteiger partial charge in [-0.25, -0.2) is 4.79 Å². The van der Waals surface area contributed by atoms with Crippen molar-refractivity contribution >= 4 is 23.5 Å². The van der Waals surface area contributed by atoms with Crippen LogP contribution in [0.4, 0.5) is 10.5 Å². The molecule has 0 aliphatic heterocycles. The Morgan fingerprint density at radius 2 is 2.35 bits per heavy atom. The summed E-state index contributed by atoms with van der Waals surface area (Å²) in [5.74, 6) is 1.10. The zero-order chi connectivity index (χ0) is 14.5. The van der Waals surface area contributed by atoms with Crippen molar-refractivity contribution in [2.75, 3.05) is 11.1 Å². The smallest absolute Gasteiger partial charge is 0.319 e. The summed E-state index contributed by atoms with van der Waals surface area (Å²) in [4.78, 5) is 12.0. The average molecular weight is 296 g/mol. The summed E-state index contributed by atoms with van der Waals surface area (Å²) in [5, 5.41) is 10.7. The van der Waals surface area contributed by atoms with E-state index in [1.165, 1.54) is 12.8 Å². The van der Waals surface area contributed by atoms with Gasteiger partial charge in [-0.15, -0.1) is 0 Å². The molecule has 2 N–H and O–H groups in total. The van der Waals surface area contributed by atoms with Crippen LogP contribution in [0.15, 0.2) is 12.4 Å². The van der Waals surface area contributed by atoms with E-state index >= 15 is 0 Å². The molecule has 0 radical (unpaired) electrons. The van der Waals surface area contributed by atoms with Crippen LogP contribution in [0.25, 0.3) is 0 Å². The maximum absolute atomic E-state index is 12.0. The van der Waals surface area contributed by atoms with Gasteiger partial charge >= 0.3 is 6.03 Å². The Morgan fingerprint density at radius 3 is 3.00 bits per heavy atom. The predicted molar refractivity (Wildman–Crippen MR) is 84.3 cm³/mol. The molecule has 1 aliphatic carbocycles. The molecule has 1 aromatic rings. The molecule has 2 rings (SSSR count). The molecule has 1 saturated carbocycles. The normalized spacial score (nSPS) is 22.2. The molecule has 1 aliphatic rings. The summed E-state index contributed by atoms with van der Waals surface area (Å²) < 4.78 is 1.83. The number of urea groups is 1. The summed E-state index contributed by atoms with van der Waals surface area (Å²) in [6.45, 7) is 6.28. The van der Waals surface area contributed by atoms with Crippen molar-refractivity contribution < 1.29 is 4.79 Å². The Bertz CT molecular complexity index is 446. The third-order valence-corrected chi connectivity index (χ3v) is 4.86. The zero-order valence-corrected chi connectivity index (χ0v) is 13.2. The van der Waals surface area contributed by atoms with Gasteiger partial charge in [0.25, 0.3) is 0 Å². The van der Waals surface area contributed by atoms with Crippen LogP contribution >= 0.6 is 11.8 Å². The molecule has 0 unspecified atom stereocenters. The van der Waals surface area contributed by atoms with Crippen molar-refractivity contribution in [3.63, 3.8) is 0 Å². The zero-order valence-electron chi connectivity index (χ0n) is 12.4. The number of nitrogens with one attached hydrogen (secondary N) is 2. The molecule has 2 atom stereocenters. The Morgan fingerprint density at radius 1 is 1.55 bits per heavy atom. The molecule has 0 aromatic carbocycles. The van der Waals surface area contributed by atoms with Gasteiger partial charge in [0.1, 0.15) is 0 Å². The number of rotatable bonds is 5. The highest BCUT2D eigenvalue weighted by atomic mass is 32.2. The highest BCUT2D eigenvalue weighted by Crippen LogP contribution is 2.29. The lowest BCUT2D eigenvalue weighted by Gasteiger charge is -2.20. The Labute approximate surface area is 124 Å². The first kappa shape index (κ1) is 15.2. The van der Waals surface area contributed by atoms with E-state index in [0.717, 1.165) is 17.9 Å². The second-order valence-electron chi connectivity index (χ2n) is 5.43. The van der Waals surface area contributed by atoms with Gasteiger partial charge < -0.3 is 10.6 Å². The highest BCUT2D eigenvalue weighted by Gasteiger charge is 2.28. The number of nitrogens with zero attached hydrogens (tertiary/aromatic N) is 2. The molecule has 1 fully saturated rings. The largest absolute Gasteiger partial charge is 0.334 e. The fourth-order valence-corrected chi connectivity index (χ4v) is 3.72. The second kappa shape index (κ2) is 7.02. The predicted octanol–water partition coefficient (Wildman–Crippen LogP) is 3.26. The lowest BCUT2D eigenvalue weighted by atomic mass is 10.2. The standard InChI is InChI=1S/C14H24N4OS/c1-4-20-13-7-5-6-12(13)17-14(19)16-11-8-15-18(9-11)10(2)3/h8-10,12-13H,4-7H2,1-3H3,(H2,16,17,19)/t12-,13+/m0/s1. The van der Waals surface area contributed by atoms with E-state index in [4.69, 9.17) is 0 Å². The SMILES string of the molecule is CCS[C@@H]1CCC[C@@H]1NC(=O)Nc1cnn(C(C)C)c1. The summed E-state index contributed by atoms with van der Waals surface area (Å²) >= 11 is 1.94. The van der Waals surface area contributed by atoms with E-state index in [9.17, 15) is 4.79 Å². The Hall–Kier alpha value is -1.17. The molecule has 0 spiro atoms. The van der Waals surface area contributed by atoms with Gasteiger partial charge in [-0.2, -0.15) is 16.9 Å². The molecule has 2 amide bonds. The van der Waals surface area contributed by atoms with Crippen molar-refractivity contribution in [1.82, 2.24) is 15.1 Å². The number of aromatic nitrogens is 2. The number of amides is 2. The van der Waals surface area contributed by atoms with Crippen LogP contribution in [0, 0.1) is 0 Å². The minimum Gasteiger partial charge on any atom is -0.334 e. The van der Waals surface area contributed by atoms with Crippen LogP contribution in [0.5, 0.6) is 0 Å². The maximum Gasteiger partial charge on any atom is 0.319 e. The van der Waals surface area contributed by atoms with E-state index < -0.39 is 0 Å². The van der Waals surface area contributed by atoms with Gasteiger partial charge in [-0.05, 0) is 32.4 Å². The minimum absolute atomic E-state index is 0.123. The van der Waals surface area contributed by atoms with Crippen molar-refractivity contribution in [1.29, 1.82) is 0 Å². The first-order valence-corrected chi connectivity index (χ1v) is 8.38. The van der Waals surface area contributed by atoms with E-state index in [0.29, 0.717) is 17.3 Å². The molecule has 20 heavy (non-hydrogen) atoms. The summed E-state index contributed by atoms with van der Waals surface area (Å²) in [6, 6.07) is 0.468. The van der Waals surface area contributed by atoms with Gasteiger partial charge in [-0.3, -0.25) is 4.68 Å². The Kier molecular flexibility index (Phi) is 5.34. The first-order chi connectivity index (χ1) is 9.60. The van der Waals surface area contributed by atoms with Crippen molar-refractivity contribution in [2.24, 2.45) is 0 Å². The first-order valence-electron chi connectivity index (χ1n) is 7.33. The topological polar surface area (TPSA) is 59.0 Å². The Balaban J connectivity index is 1.85. The summed E-state index contributed by atoms with van der Waals surface area (Å²) in [5.41, 5.74) is 0.744. The van der Waals surface area contributed by atoms with Crippen molar-refractivity contribution in [3.8, 4) is 0 Å². The number of anilines is 1. The molecule has 112 valence electrons. The summed E-state index contributed by atoms with van der Waals surface area (Å²) in [7, 11) is 0. The molecular formula is C14H24N4OS. The second-order valence-corrected chi connectivity index (χ2v) is 6.95. The lowest BCUT2D eigenvalue weighted by molar-refractivity contribution is 0.249. The molecule has 5 nitrogen and oxygen atoms in total. The minimum atomic E-state index is -0.123. The van der Waals surface area contributed by atoms with E-state index in [1.54, 1.807) is 6.20 Å². The van der Waals surface area contributed by atoms with Gasteiger partial charge in [-0.1, -0.05) is 13.3 Å². The van der Waals surface area contributed by atoms with Crippen LogP contribution in [-0.4, -0.2) is 32.9 Å². The fraction of sp³-hybridized carbons (Fsp3) is 0.714. The third-order valence-electron chi connectivity index (χ3n) is 3.54. The van der Waals surface area contributed by atoms with Crippen LogP contribution in [0.3, 0.4) is 0 Å². The van der Waals surface area contributed by atoms with Crippen molar-refractivity contribution in [3.05, 3.63) is 12.4 Å². The highest BCUT2D eigenvalue weighted by molar-refractivity contribution is 7.99. The number of carbonyl (C=O) groups excluding carboxylic acids is 1. The summed E-state index contributed by atoms with van der Waals surface area (Å²) in [6.07, 6.45) is 7.03. The van der Waals surface area contributed by atoms with E-state index in [-0.39, 0.29) is 6.03 Å². The molecule has 6 heteroatoms. The van der Waals surface area contributed by atoms with Gasteiger partial charge in [0.2, 0.25) is 0 Å².